The molecule has 94 valence electrons. The first-order valence-electron chi connectivity index (χ1n) is 6.25. The third-order valence-electron chi connectivity index (χ3n) is 3.45. The van der Waals surface area contributed by atoms with Crippen LogP contribution in [0, 0.1) is 0 Å². The van der Waals surface area contributed by atoms with Crippen molar-refractivity contribution >= 4 is 5.91 Å². The maximum absolute atomic E-state index is 12.2. The van der Waals surface area contributed by atoms with E-state index in [1.54, 1.807) is 0 Å². The van der Waals surface area contributed by atoms with Crippen LogP contribution in [0.2, 0.25) is 0 Å². The van der Waals surface area contributed by atoms with E-state index in [1.807, 2.05) is 20.8 Å². The highest BCUT2D eigenvalue weighted by molar-refractivity contribution is 5.85. The number of hydrogen-bond acceptors (Lipinski definition) is 3. The molecule has 0 aromatic heterocycles. The van der Waals surface area contributed by atoms with E-state index in [1.165, 1.54) is 0 Å². The number of nitrogens with zero attached hydrogens (tertiary/aromatic N) is 1. The second-order valence-corrected chi connectivity index (χ2v) is 5.08. The van der Waals surface area contributed by atoms with E-state index in [-0.39, 0.29) is 11.9 Å². The molecule has 4 nitrogen and oxygen atoms in total. The Morgan fingerprint density at radius 1 is 1.44 bits per heavy atom. The molecule has 1 amide bonds. The average molecular weight is 227 g/mol. The molecule has 0 aliphatic carbocycles. The molecule has 1 atom stereocenters. The van der Waals surface area contributed by atoms with Gasteiger partial charge in [-0.25, -0.2) is 0 Å². The van der Waals surface area contributed by atoms with Crippen LogP contribution >= 0.6 is 0 Å². The van der Waals surface area contributed by atoms with Gasteiger partial charge in [0.1, 0.15) is 0 Å². The first kappa shape index (κ1) is 13.5. The third-order valence-corrected chi connectivity index (χ3v) is 3.45. The normalized spacial score (nSPS) is 20.5. The van der Waals surface area contributed by atoms with Crippen LogP contribution in [0.5, 0.6) is 0 Å². The van der Waals surface area contributed by atoms with Gasteiger partial charge in [-0.15, -0.1) is 0 Å². The minimum absolute atomic E-state index is 0.142. The van der Waals surface area contributed by atoms with Gasteiger partial charge in [-0.05, 0) is 27.2 Å². The molecule has 0 bridgehead atoms. The Bertz CT molecular complexity index is 234. The van der Waals surface area contributed by atoms with Gasteiger partial charge in [-0.1, -0.05) is 6.92 Å². The molecular weight excluding hydrogens is 202 g/mol. The Kier molecular flexibility index (Phi) is 4.74. The molecule has 1 unspecified atom stereocenters. The number of piperazine rings is 1. The van der Waals surface area contributed by atoms with Crippen LogP contribution in [0.15, 0.2) is 0 Å². The second-order valence-electron chi connectivity index (χ2n) is 5.08. The van der Waals surface area contributed by atoms with Gasteiger partial charge in [0.2, 0.25) is 5.91 Å². The smallest absolute Gasteiger partial charge is 0.240 e. The van der Waals surface area contributed by atoms with Gasteiger partial charge in [-0.2, -0.15) is 0 Å². The summed E-state index contributed by atoms with van der Waals surface area (Å²) >= 11 is 0. The minimum atomic E-state index is -0.397. The molecular formula is C12H25N3O. The van der Waals surface area contributed by atoms with Crippen molar-refractivity contribution in [3.8, 4) is 0 Å². The zero-order valence-corrected chi connectivity index (χ0v) is 11.0. The monoisotopic (exact) mass is 227 g/mol. The van der Waals surface area contributed by atoms with Crippen molar-refractivity contribution in [1.29, 1.82) is 0 Å². The summed E-state index contributed by atoms with van der Waals surface area (Å²) < 4.78 is 0. The summed E-state index contributed by atoms with van der Waals surface area (Å²) in [7, 11) is 0. The largest absolute Gasteiger partial charge is 0.352 e. The Labute approximate surface area is 98.8 Å². The van der Waals surface area contributed by atoms with Crippen LogP contribution in [0.1, 0.15) is 34.1 Å². The molecule has 1 fully saturated rings. The number of hydrogen-bond donors (Lipinski definition) is 2. The van der Waals surface area contributed by atoms with E-state index < -0.39 is 5.54 Å². The number of amides is 1. The molecule has 1 heterocycles. The Morgan fingerprint density at radius 2 is 2.00 bits per heavy atom. The fourth-order valence-electron chi connectivity index (χ4n) is 1.87. The van der Waals surface area contributed by atoms with Crippen molar-refractivity contribution in [1.82, 2.24) is 15.5 Å². The van der Waals surface area contributed by atoms with Crippen molar-refractivity contribution in [3.05, 3.63) is 0 Å². The predicted molar refractivity (Wildman–Crippen MR) is 66.4 cm³/mol. The number of carbonyl (C=O) groups excluding carboxylic acids is 1. The lowest BCUT2D eigenvalue weighted by molar-refractivity contribution is -0.132. The first-order chi connectivity index (χ1) is 7.48. The van der Waals surface area contributed by atoms with Crippen LogP contribution in [0.3, 0.4) is 0 Å². The van der Waals surface area contributed by atoms with Crippen LogP contribution in [0.25, 0.3) is 0 Å². The van der Waals surface area contributed by atoms with E-state index in [2.05, 4.69) is 22.5 Å². The third kappa shape index (κ3) is 3.19. The number of nitrogens with one attached hydrogen (secondary N) is 2. The van der Waals surface area contributed by atoms with Gasteiger partial charge >= 0.3 is 0 Å². The Hall–Kier alpha value is -0.610. The zero-order chi connectivity index (χ0) is 12.2. The topological polar surface area (TPSA) is 44.4 Å². The SMILES string of the molecule is CCC(C)NC(=O)C(C)(C)N1CCNCC1. The quantitative estimate of drug-likeness (QED) is 0.738. The second kappa shape index (κ2) is 5.64. The number of carbonyl (C=O) groups is 1. The first-order valence-corrected chi connectivity index (χ1v) is 6.25. The van der Waals surface area contributed by atoms with Gasteiger partial charge in [0.25, 0.3) is 0 Å². The van der Waals surface area contributed by atoms with Gasteiger partial charge in [-0.3, -0.25) is 9.69 Å². The Morgan fingerprint density at radius 3 is 2.50 bits per heavy atom. The van der Waals surface area contributed by atoms with E-state index in [0.717, 1.165) is 32.6 Å². The number of rotatable bonds is 4. The van der Waals surface area contributed by atoms with Crippen LogP contribution < -0.4 is 10.6 Å². The van der Waals surface area contributed by atoms with E-state index in [4.69, 9.17) is 0 Å². The summed E-state index contributed by atoms with van der Waals surface area (Å²) in [6.45, 7) is 12.0. The fourth-order valence-corrected chi connectivity index (χ4v) is 1.87. The maximum atomic E-state index is 12.2. The molecule has 0 radical (unpaired) electrons. The van der Waals surface area contributed by atoms with Crippen molar-refractivity contribution in [3.63, 3.8) is 0 Å². The van der Waals surface area contributed by atoms with Gasteiger partial charge in [0.15, 0.2) is 0 Å². The van der Waals surface area contributed by atoms with E-state index in [9.17, 15) is 4.79 Å². The molecule has 1 aliphatic heterocycles. The highest BCUT2D eigenvalue weighted by Crippen LogP contribution is 2.15. The fraction of sp³-hybridized carbons (Fsp3) is 0.917. The molecule has 4 heteroatoms. The molecule has 1 aliphatic rings. The molecule has 0 aromatic rings. The minimum Gasteiger partial charge on any atom is -0.352 e. The van der Waals surface area contributed by atoms with Gasteiger partial charge < -0.3 is 10.6 Å². The molecule has 1 saturated heterocycles. The van der Waals surface area contributed by atoms with Gasteiger partial charge in [0, 0.05) is 32.2 Å². The molecule has 0 aromatic carbocycles. The summed E-state index contributed by atoms with van der Waals surface area (Å²) in [5.41, 5.74) is -0.397. The van der Waals surface area contributed by atoms with E-state index >= 15 is 0 Å². The summed E-state index contributed by atoms with van der Waals surface area (Å²) in [6, 6.07) is 0.259. The molecule has 0 spiro atoms. The lowest BCUT2D eigenvalue weighted by Crippen LogP contribution is -2.60. The summed E-state index contributed by atoms with van der Waals surface area (Å²) in [5, 5.41) is 6.37. The van der Waals surface area contributed by atoms with Crippen molar-refractivity contribution in [2.45, 2.75) is 45.7 Å². The molecule has 0 saturated carbocycles. The molecule has 2 N–H and O–H groups in total. The highest BCUT2D eigenvalue weighted by Gasteiger charge is 2.35. The molecule has 16 heavy (non-hydrogen) atoms. The lowest BCUT2D eigenvalue weighted by Gasteiger charge is -2.40. The summed E-state index contributed by atoms with van der Waals surface area (Å²) in [5.74, 6) is 0.142. The standard InChI is InChI=1S/C12H25N3O/c1-5-10(2)14-11(16)12(3,4)15-8-6-13-7-9-15/h10,13H,5-9H2,1-4H3,(H,14,16). The van der Waals surface area contributed by atoms with Crippen molar-refractivity contribution in [2.75, 3.05) is 26.2 Å². The summed E-state index contributed by atoms with van der Waals surface area (Å²) in [6.07, 6.45) is 0.976. The Balaban J connectivity index is 2.56. The summed E-state index contributed by atoms with van der Waals surface area (Å²) in [4.78, 5) is 14.4. The average Bonchev–Trinajstić information content (AvgIpc) is 2.29. The van der Waals surface area contributed by atoms with Gasteiger partial charge in [0.05, 0.1) is 5.54 Å². The van der Waals surface area contributed by atoms with E-state index in [0.29, 0.717) is 0 Å². The molecule has 1 rings (SSSR count). The van der Waals surface area contributed by atoms with Crippen molar-refractivity contribution in [2.24, 2.45) is 0 Å². The highest BCUT2D eigenvalue weighted by atomic mass is 16.2. The zero-order valence-electron chi connectivity index (χ0n) is 11.0. The van der Waals surface area contributed by atoms with Crippen LogP contribution in [-0.2, 0) is 4.79 Å². The lowest BCUT2D eigenvalue weighted by atomic mass is 10.00. The van der Waals surface area contributed by atoms with Crippen LogP contribution in [-0.4, -0.2) is 48.6 Å². The predicted octanol–water partition coefficient (Wildman–Crippen LogP) is 0.585. The van der Waals surface area contributed by atoms with Crippen molar-refractivity contribution < 1.29 is 4.79 Å². The maximum Gasteiger partial charge on any atom is 0.240 e. The van der Waals surface area contributed by atoms with Crippen LogP contribution in [0.4, 0.5) is 0 Å².